The van der Waals surface area contributed by atoms with Crippen LogP contribution in [0.2, 0.25) is 0 Å². The van der Waals surface area contributed by atoms with Crippen molar-refractivity contribution in [1.29, 1.82) is 0 Å². The Balaban J connectivity index is 1.91. The number of hydrogen-bond donors (Lipinski definition) is 1. The van der Waals surface area contributed by atoms with Crippen LogP contribution < -0.4 is 5.32 Å². The molecule has 3 rings (SSSR count). The first-order valence-electron chi connectivity index (χ1n) is 7.07. The summed E-state index contributed by atoms with van der Waals surface area (Å²) in [6, 6.07) is 9.89. The van der Waals surface area contributed by atoms with Gasteiger partial charge in [-0.3, -0.25) is 9.59 Å². The molecule has 1 aliphatic heterocycles. The van der Waals surface area contributed by atoms with Crippen LogP contribution in [0.25, 0.3) is 0 Å². The van der Waals surface area contributed by atoms with Crippen molar-refractivity contribution in [3.8, 4) is 0 Å². The number of para-hydroxylation sites is 1. The molecule has 0 aliphatic carbocycles. The summed E-state index contributed by atoms with van der Waals surface area (Å²) in [5.74, 6) is -2.23. The molecule has 0 saturated carbocycles. The first-order chi connectivity index (χ1) is 11.3. The Bertz CT molecular complexity index is 943. The molecule has 0 fully saturated rings. The lowest BCUT2D eigenvalue weighted by molar-refractivity contribution is -0.118. The molecule has 6 nitrogen and oxygen atoms in total. The number of sulfonamides is 1. The molecule has 2 aromatic carbocycles. The van der Waals surface area contributed by atoms with Gasteiger partial charge in [0.05, 0.1) is 11.3 Å². The number of nitrogens with one attached hydrogen (secondary N) is 1. The van der Waals surface area contributed by atoms with Crippen molar-refractivity contribution < 1.29 is 22.4 Å². The quantitative estimate of drug-likeness (QED) is 0.919. The first kappa shape index (κ1) is 16.1. The van der Waals surface area contributed by atoms with Crippen LogP contribution in [-0.2, 0) is 14.8 Å². The second-order valence-corrected chi connectivity index (χ2v) is 7.03. The average molecular weight is 348 g/mol. The lowest BCUT2D eigenvalue weighted by atomic mass is 10.2. The summed E-state index contributed by atoms with van der Waals surface area (Å²) in [5.41, 5.74) is -0.0704. The maximum atomic E-state index is 13.6. The van der Waals surface area contributed by atoms with Gasteiger partial charge in [-0.05, 0) is 31.2 Å². The normalized spacial score (nSPS) is 16.6. The van der Waals surface area contributed by atoms with Crippen molar-refractivity contribution in [3.05, 3.63) is 59.9 Å². The number of halogens is 1. The summed E-state index contributed by atoms with van der Waals surface area (Å²) in [5, 5.41) is 2.30. The fraction of sp³-hybridized carbons (Fsp3) is 0.125. The second kappa shape index (κ2) is 5.72. The monoisotopic (exact) mass is 348 g/mol. The average Bonchev–Trinajstić information content (AvgIpc) is 2.76. The largest absolute Gasteiger partial charge is 0.322 e. The van der Waals surface area contributed by atoms with E-state index < -0.39 is 33.7 Å². The number of carbonyl (C=O) groups excluding carboxylic acids is 2. The smallest absolute Gasteiger partial charge is 0.269 e. The third-order valence-electron chi connectivity index (χ3n) is 3.72. The van der Waals surface area contributed by atoms with E-state index in [-0.39, 0.29) is 16.1 Å². The highest BCUT2D eigenvalue weighted by Gasteiger charge is 2.45. The van der Waals surface area contributed by atoms with Gasteiger partial charge >= 0.3 is 0 Å². The maximum absolute atomic E-state index is 13.6. The molecule has 0 radical (unpaired) electrons. The minimum Gasteiger partial charge on any atom is -0.322 e. The zero-order valence-electron chi connectivity index (χ0n) is 12.6. The van der Waals surface area contributed by atoms with Gasteiger partial charge in [0.2, 0.25) is 5.91 Å². The molecule has 1 heterocycles. The number of fused-ring (bicyclic) bond motifs is 1. The fourth-order valence-electron chi connectivity index (χ4n) is 2.49. The summed E-state index contributed by atoms with van der Waals surface area (Å²) >= 11 is 0. The number of carbonyl (C=O) groups is 2. The molecule has 8 heteroatoms. The van der Waals surface area contributed by atoms with Crippen LogP contribution in [0.15, 0.2) is 53.4 Å². The van der Waals surface area contributed by atoms with Gasteiger partial charge in [-0.25, -0.2) is 17.1 Å². The third kappa shape index (κ3) is 2.44. The molecule has 0 bridgehead atoms. The van der Waals surface area contributed by atoms with Gasteiger partial charge in [-0.2, -0.15) is 0 Å². The highest BCUT2D eigenvalue weighted by molar-refractivity contribution is 7.90. The zero-order valence-corrected chi connectivity index (χ0v) is 13.4. The van der Waals surface area contributed by atoms with Crippen LogP contribution >= 0.6 is 0 Å². The Labute approximate surface area is 138 Å². The number of rotatable bonds is 3. The Kier molecular flexibility index (Phi) is 3.84. The van der Waals surface area contributed by atoms with Gasteiger partial charge in [0, 0.05) is 0 Å². The molecular formula is C16H13FN2O4S. The predicted molar refractivity (Wildman–Crippen MR) is 84.3 cm³/mol. The van der Waals surface area contributed by atoms with E-state index in [2.05, 4.69) is 5.32 Å². The standard InChI is InChI=1S/C16H13FN2O4S/c1-10(15(20)18-13-8-4-3-7-12(13)17)19-16(21)11-6-2-5-9-14(11)24(19,22)23/h2-10H,1H3,(H,18,20). The molecular weight excluding hydrogens is 335 g/mol. The molecule has 2 amide bonds. The molecule has 1 N–H and O–H groups in total. The van der Waals surface area contributed by atoms with Crippen LogP contribution in [0.5, 0.6) is 0 Å². The second-order valence-electron chi connectivity index (χ2n) is 5.25. The summed E-state index contributed by atoms with van der Waals surface area (Å²) in [6.45, 7) is 1.28. The number of amides is 2. The van der Waals surface area contributed by atoms with E-state index in [0.717, 1.165) is 6.07 Å². The van der Waals surface area contributed by atoms with E-state index in [1.165, 1.54) is 43.3 Å². The van der Waals surface area contributed by atoms with Gasteiger partial charge < -0.3 is 5.32 Å². The lowest BCUT2D eigenvalue weighted by Gasteiger charge is -2.22. The molecule has 1 unspecified atom stereocenters. The van der Waals surface area contributed by atoms with Crippen LogP contribution in [0.4, 0.5) is 10.1 Å². The number of anilines is 1. The minimum absolute atomic E-state index is 0.0167. The number of nitrogens with zero attached hydrogens (tertiary/aromatic N) is 1. The van der Waals surface area contributed by atoms with E-state index in [1.807, 2.05) is 0 Å². The van der Waals surface area contributed by atoms with Crippen LogP contribution in [0.1, 0.15) is 17.3 Å². The maximum Gasteiger partial charge on any atom is 0.269 e. The molecule has 0 aromatic heterocycles. The van der Waals surface area contributed by atoms with Crippen molar-refractivity contribution >= 4 is 27.5 Å². The molecule has 0 spiro atoms. The Hall–Kier alpha value is -2.74. The molecule has 2 aromatic rings. The highest BCUT2D eigenvalue weighted by atomic mass is 32.2. The zero-order chi connectivity index (χ0) is 17.5. The Morgan fingerprint density at radius 3 is 2.42 bits per heavy atom. The van der Waals surface area contributed by atoms with E-state index in [0.29, 0.717) is 4.31 Å². The SMILES string of the molecule is CC(C(=O)Nc1ccccc1F)N1C(=O)c2ccccc2S1(=O)=O. The molecule has 124 valence electrons. The van der Waals surface area contributed by atoms with Crippen molar-refractivity contribution in [2.45, 2.75) is 17.9 Å². The van der Waals surface area contributed by atoms with Crippen molar-refractivity contribution in [1.82, 2.24) is 4.31 Å². The number of benzene rings is 2. The first-order valence-corrected chi connectivity index (χ1v) is 8.51. The summed E-state index contributed by atoms with van der Waals surface area (Å²) in [6.07, 6.45) is 0. The topological polar surface area (TPSA) is 83.6 Å². The van der Waals surface area contributed by atoms with E-state index in [4.69, 9.17) is 0 Å². The van der Waals surface area contributed by atoms with Crippen molar-refractivity contribution in [2.24, 2.45) is 0 Å². The van der Waals surface area contributed by atoms with Gasteiger partial charge in [0.25, 0.3) is 15.9 Å². The summed E-state index contributed by atoms with van der Waals surface area (Å²) in [4.78, 5) is 24.5. The van der Waals surface area contributed by atoms with Crippen molar-refractivity contribution in [2.75, 3.05) is 5.32 Å². The molecule has 1 aliphatic rings. The Morgan fingerprint density at radius 1 is 1.12 bits per heavy atom. The van der Waals surface area contributed by atoms with Gasteiger partial charge in [0.15, 0.2) is 0 Å². The fourth-order valence-corrected chi connectivity index (χ4v) is 4.22. The molecule has 1 atom stereocenters. The van der Waals surface area contributed by atoms with Crippen LogP contribution in [0, 0.1) is 5.82 Å². The van der Waals surface area contributed by atoms with Crippen molar-refractivity contribution in [3.63, 3.8) is 0 Å². The summed E-state index contributed by atoms with van der Waals surface area (Å²) < 4.78 is 39.2. The third-order valence-corrected chi connectivity index (χ3v) is 5.63. The van der Waals surface area contributed by atoms with E-state index in [9.17, 15) is 22.4 Å². The lowest BCUT2D eigenvalue weighted by Crippen LogP contribution is -2.45. The van der Waals surface area contributed by atoms with Gasteiger partial charge in [0.1, 0.15) is 16.8 Å². The van der Waals surface area contributed by atoms with Gasteiger partial charge in [-0.1, -0.05) is 24.3 Å². The van der Waals surface area contributed by atoms with E-state index in [1.54, 1.807) is 6.07 Å². The molecule has 0 saturated heterocycles. The van der Waals surface area contributed by atoms with E-state index >= 15 is 0 Å². The minimum atomic E-state index is -4.11. The predicted octanol–water partition coefficient (Wildman–Crippen LogP) is 2.00. The van der Waals surface area contributed by atoms with Crippen LogP contribution in [0.3, 0.4) is 0 Å². The van der Waals surface area contributed by atoms with Crippen LogP contribution in [-0.4, -0.2) is 30.6 Å². The molecule has 24 heavy (non-hydrogen) atoms. The Morgan fingerprint density at radius 2 is 1.75 bits per heavy atom. The number of hydrogen-bond acceptors (Lipinski definition) is 4. The summed E-state index contributed by atoms with van der Waals surface area (Å²) in [7, 11) is -4.11. The van der Waals surface area contributed by atoms with Gasteiger partial charge in [-0.15, -0.1) is 0 Å². The highest BCUT2D eigenvalue weighted by Crippen LogP contribution is 2.31.